The number of ether oxygens (including phenoxy) is 2. The fourth-order valence-corrected chi connectivity index (χ4v) is 2.93. The molecule has 1 amide bonds. The summed E-state index contributed by atoms with van der Waals surface area (Å²) in [6.45, 7) is 0.171. The van der Waals surface area contributed by atoms with E-state index >= 15 is 0 Å². The average molecular weight is 367 g/mol. The van der Waals surface area contributed by atoms with Gasteiger partial charge in [-0.25, -0.2) is 9.59 Å². The van der Waals surface area contributed by atoms with Crippen LogP contribution in [0.1, 0.15) is 35.2 Å². The highest BCUT2D eigenvalue weighted by Crippen LogP contribution is 2.20. The fourth-order valence-electron chi connectivity index (χ4n) is 2.93. The van der Waals surface area contributed by atoms with Crippen LogP contribution < -0.4 is 5.32 Å². The second-order valence-corrected chi connectivity index (χ2v) is 6.40. The van der Waals surface area contributed by atoms with E-state index in [0.717, 1.165) is 5.56 Å². The highest BCUT2D eigenvalue weighted by atomic mass is 16.6. The van der Waals surface area contributed by atoms with Crippen molar-refractivity contribution in [1.29, 1.82) is 0 Å². The van der Waals surface area contributed by atoms with Crippen LogP contribution in [-0.4, -0.2) is 30.0 Å². The lowest BCUT2D eigenvalue weighted by Gasteiger charge is -2.28. The molecule has 0 unspecified atom stereocenters. The van der Waals surface area contributed by atoms with E-state index in [-0.39, 0.29) is 31.3 Å². The molecule has 1 fully saturated rings. The van der Waals surface area contributed by atoms with Crippen molar-refractivity contribution in [3.63, 3.8) is 0 Å². The first-order valence-corrected chi connectivity index (χ1v) is 8.88. The standard InChI is InChI=1S/C21H21NO5/c23-18-12-11-17(22-21(25)26-14-15-7-3-1-4-8-15)13-19(18)27-20(24)16-9-5-2-6-10-16/h1-10,17,19H,11-14H2,(H,22,25)/t17-,19-/m1/s1. The van der Waals surface area contributed by atoms with E-state index in [1.807, 2.05) is 30.3 Å². The number of nitrogens with one attached hydrogen (secondary N) is 1. The van der Waals surface area contributed by atoms with Crippen LogP contribution >= 0.6 is 0 Å². The third-order valence-corrected chi connectivity index (χ3v) is 4.39. The van der Waals surface area contributed by atoms with E-state index in [2.05, 4.69) is 5.32 Å². The van der Waals surface area contributed by atoms with Crippen molar-refractivity contribution in [2.45, 2.75) is 38.0 Å². The molecular formula is C21H21NO5. The molecule has 6 nitrogen and oxygen atoms in total. The van der Waals surface area contributed by atoms with E-state index in [9.17, 15) is 14.4 Å². The second-order valence-electron chi connectivity index (χ2n) is 6.40. The molecule has 1 aliphatic rings. The summed E-state index contributed by atoms with van der Waals surface area (Å²) < 4.78 is 10.6. The molecule has 0 heterocycles. The molecule has 1 saturated carbocycles. The van der Waals surface area contributed by atoms with Crippen molar-refractivity contribution in [2.75, 3.05) is 0 Å². The Hall–Kier alpha value is -3.15. The molecule has 0 bridgehead atoms. The minimum Gasteiger partial charge on any atom is -0.451 e. The summed E-state index contributed by atoms with van der Waals surface area (Å²) in [5, 5.41) is 2.75. The summed E-state index contributed by atoms with van der Waals surface area (Å²) in [6, 6.07) is 17.6. The van der Waals surface area contributed by atoms with E-state index in [0.29, 0.717) is 12.0 Å². The van der Waals surface area contributed by atoms with Crippen LogP contribution in [0.5, 0.6) is 0 Å². The van der Waals surface area contributed by atoms with Crippen molar-refractivity contribution in [3.8, 4) is 0 Å². The largest absolute Gasteiger partial charge is 0.451 e. The zero-order valence-electron chi connectivity index (χ0n) is 14.8. The van der Waals surface area contributed by atoms with Crippen molar-refractivity contribution < 1.29 is 23.9 Å². The number of alkyl carbamates (subject to hydrolysis) is 1. The number of amides is 1. The maximum atomic E-state index is 12.2. The number of esters is 1. The number of hydrogen-bond acceptors (Lipinski definition) is 5. The molecule has 1 aliphatic carbocycles. The first kappa shape index (κ1) is 18.6. The molecule has 0 aromatic heterocycles. The van der Waals surface area contributed by atoms with Crippen molar-refractivity contribution in [3.05, 3.63) is 71.8 Å². The van der Waals surface area contributed by atoms with Crippen molar-refractivity contribution in [1.82, 2.24) is 5.32 Å². The Labute approximate surface area is 157 Å². The van der Waals surface area contributed by atoms with Gasteiger partial charge in [-0.1, -0.05) is 48.5 Å². The smallest absolute Gasteiger partial charge is 0.407 e. The quantitative estimate of drug-likeness (QED) is 0.821. The molecule has 27 heavy (non-hydrogen) atoms. The lowest BCUT2D eigenvalue weighted by molar-refractivity contribution is -0.130. The number of carbonyl (C=O) groups excluding carboxylic acids is 3. The monoisotopic (exact) mass is 367 g/mol. The van der Waals surface area contributed by atoms with Gasteiger partial charge in [0.05, 0.1) is 5.56 Å². The van der Waals surface area contributed by atoms with Crippen LogP contribution in [0.15, 0.2) is 60.7 Å². The zero-order chi connectivity index (χ0) is 19.1. The van der Waals surface area contributed by atoms with Crippen LogP contribution in [0.2, 0.25) is 0 Å². The molecule has 0 spiro atoms. The predicted octanol–water partition coefficient (Wildman–Crippen LogP) is 3.26. The van der Waals surface area contributed by atoms with Gasteiger partial charge in [0.2, 0.25) is 0 Å². The summed E-state index contributed by atoms with van der Waals surface area (Å²) in [5.41, 5.74) is 1.28. The van der Waals surface area contributed by atoms with E-state index in [1.54, 1.807) is 30.3 Å². The Kier molecular flexibility index (Phi) is 6.20. The molecule has 2 atom stereocenters. The first-order chi connectivity index (χ1) is 13.1. The topological polar surface area (TPSA) is 81.7 Å². The Morgan fingerprint density at radius 2 is 1.67 bits per heavy atom. The van der Waals surface area contributed by atoms with Crippen LogP contribution in [-0.2, 0) is 20.9 Å². The Morgan fingerprint density at radius 1 is 1.00 bits per heavy atom. The summed E-state index contributed by atoms with van der Waals surface area (Å²) in [6.07, 6.45) is -0.412. The van der Waals surface area contributed by atoms with E-state index < -0.39 is 18.2 Å². The van der Waals surface area contributed by atoms with Crippen molar-refractivity contribution in [2.24, 2.45) is 0 Å². The minimum absolute atomic E-state index is 0.130. The normalized spacial score (nSPS) is 19.2. The van der Waals surface area contributed by atoms with Gasteiger partial charge in [0.1, 0.15) is 6.61 Å². The summed E-state index contributed by atoms with van der Waals surface area (Å²) in [4.78, 5) is 36.2. The summed E-state index contributed by atoms with van der Waals surface area (Å²) >= 11 is 0. The molecule has 3 rings (SSSR count). The maximum absolute atomic E-state index is 12.2. The Bertz CT molecular complexity index is 791. The fraction of sp³-hybridized carbons (Fsp3) is 0.286. The van der Waals surface area contributed by atoms with Gasteiger partial charge in [-0.3, -0.25) is 4.79 Å². The summed E-state index contributed by atoms with van der Waals surface area (Å²) in [5.74, 6) is -0.670. The van der Waals surface area contributed by atoms with Crippen LogP contribution in [0, 0.1) is 0 Å². The maximum Gasteiger partial charge on any atom is 0.407 e. The summed E-state index contributed by atoms with van der Waals surface area (Å²) in [7, 11) is 0. The Balaban J connectivity index is 1.50. The average Bonchev–Trinajstić information content (AvgIpc) is 2.70. The lowest BCUT2D eigenvalue weighted by Crippen LogP contribution is -2.44. The van der Waals surface area contributed by atoms with Crippen LogP contribution in [0.4, 0.5) is 4.79 Å². The van der Waals surface area contributed by atoms with Crippen LogP contribution in [0.25, 0.3) is 0 Å². The number of carbonyl (C=O) groups is 3. The SMILES string of the molecule is O=C(N[C@@H]1CCC(=O)[C@H](OC(=O)c2ccccc2)C1)OCc1ccccc1. The molecule has 2 aromatic rings. The van der Waals surface area contributed by atoms with Gasteiger partial charge >= 0.3 is 12.1 Å². The number of Topliss-reactive ketones (excluding diaryl/α,β-unsaturated/α-hetero) is 1. The molecule has 0 radical (unpaired) electrons. The van der Waals surface area contributed by atoms with Gasteiger partial charge in [0.15, 0.2) is 11.9 Å². The van der Waals surface area contributed by atoms with Gasteiger partial charge in [-0.2, -0.15) is 0 Å². The lowest BCUT2D eigenvalue weighted by atomic mass is 9.91. The highest BCUT2D eigenvalue weighted by Gasteiger charge is 2.32. The molecule has 0 saturated heterocycles. The molecular weight excluding hydrogens is 346 g/mol. The molecule has 140 valence electrons. The van der Waals surface area contributed by atoms with Gasteiger partial charge in [-0.15, -0.1) is 0 Å². The second kappa shape index (κ2) is 8.98. The third-order valence-electron chi connectivity index (χ3n) is 4.39. The van der Waals surface area contributed by atoms with Gasteiger partial charge < -0.3 is 14.8 Å². The molecule has 1 N–H and O–H groups in total. The van der Waals surface area contributed by atoms with Gasteiger partial charge in [0, 0.05) is 18.9 Å². The Morgan fingerprint density at radius 3 is 2.37 bits per heavy atom. The minimum atomic E-state index is -0.856. The first-order valence-electron chi connectivity index (χ1n) is 8.88. The van der Waals surface area contributed by atoms with E-state index in [4.69, 9.17) is 9.47 Å². The zero-order valence-corrected chi connectivity index (χ0v) is 14.8. The molecule has 6 heteroatoms. The van der Waals surface area contributed by atoms with E-state index in [1.165, 1.54) is 0 Å². The van der Waals surface area contributed by atoms with Crippen molar-refractivity contribution >= 4 is 17.8 Å². The molecule has 2 aromatic carbocycles. The number of hydrogen-bond donors (Lipinski definition) is 1. The van der Waals surface area contributed by atoms with Gasteiger partial charge in [-0.05, 0) is 24.1 Å². The highest BCUT2D eigenvalue weighted by molar-refractivity contribution is 5.93. The predicted molar refractivity (Wildman–Crippen MR) is 98.1 cm³/mol. The number of benzene rings is 2. The number of ketones is 1. The molecule has 0 aliphatic heterocycles. The number of rotatable bonds is 5. The third kappa shape index (κ3) is 5.41. The van der Waals surface area contributed by atoms with Gasteiger partial charge in [0.25, 0.3) is 0 Å². The van der Waals surface area contributed by atoms with Crippen LogP contribution in [0.3, 0.4) is 0 Å².